The van der Waals surface area contributed by atoms with Gasteiger partial charge in [0.2, 0.25) is 0 Å². The lowest BCUT2D eigenvalue weighted by atomic mass is 9.85. The minimum atomic E-state index is 0.934. The fourth-order valence-electron chi connectivity index (χ4n) is 4.23. The van der Waals surface area contributed by atoms with Gasteiger partial charge in [-0.1, -0.05) is 18.2 Å². The molecule has 0 fully saturated rings. The van der Waals surface area contributed by atoms with E-state index in [4.69, 9.17) is 4.74 Å². The second-order valence-corrected chi connectivity index (χ2v) is 6.90. The van der Waals surface area contributed by atoms with Crippen LogP contribution in [0.25, 0.3) is 11.1 Å². The summed E-state index contributed by atoms with van der Waals surface area (Å²) in [7, 11) is 3.99. The molecule has 0 radical (unpaired) electrons. The Morgan fingerprint density at radius 2 is 1.92 bits per heavy atom. The Hall–Kier alpha value is -2.00. The number of ether oxygens (including phenoxy) is 1. The zero-order valence-electron chi connectivity index (χ0n) is 14.7. The summed E-state index contributed by atoms with van der Waals surface area (Å²) in [5.41, 5.74) is 8.75. The van der Waals surface area contributed by atoms with Crippen LogP contribution in [0.1, 0.15) is 23.1 Å². The minimum absolute atomic E-state index is 0.934. The molecule has 2 aromatic carbocycles. The maximum Gasteiger partial charge on any atom is 0.119 e. The average molecular weight is 322 g/mol. The molecule has 0 aromatic heterocycles. The van der Waals surface area contributed by atoms with Gasteiger partial charge in [-0.15, -0.1) is 0 Å². The average Bonchev–Trinajstić information content (AvgIpc) is 2.85. The molecule has 0 bridgehead atoms. The third kappa shape index (κ3) is 2.67. The van der Waals surface area contributed by atoms with E-state index >= 15 is 0 Å². The van der Waals surface area contributed by atoms with Gasteiger partial charge in [0.15, 0.2) is 0 Å². The van der Waals surface area contributed by atoms with Crippen molar-refractivity contribution >= 4 is 5.69 Å². The molecular weight excluding hydrogens is 296 g/mol. The molecule has 2 aliphatic rings. The lowest BCUT2D eigenvalue weighted by Gasteiger charge is -2.32. The summed E-state index contributed by atoms with van der Waals surface area (Å²) in [6.07, 6.45) is 4.67. The van der Waals surface area contributed by atoms with Crippen LogP contribution in [0.4, 0.5) is 5.69 Å². The number of aryl methyl sites for hydroxylation is 1. The topological polar surface area (TPSA) is 24.5 Å². The quantitative estimate of drug-likeness (QED) is 0.917. The van der Waals surface area contributed by atoms with Crippen molar-refractivity contribution in [3.63, 3.8) is 0 Å². The van der Waals surface area contributed by atoms with Crippen molar-refractivity contribution in [2.75, 3.05) is 38.7 Å². The fraction of sp³-hybridized carbons (Fsp3) is 0.429. The second kappa shape index (κ2) is 6.48. The number of fused-ring (bicyclic) bond motifs is 2. The van der Waals surface area contributed by atoms with Gasteiger partial charge < -0.3 is 15.0 Å². The largest absolute Gasteiger partial charge is 0.497 e. The number of benzene rings is 2. The second-order valence-electron chi connectivity index (χ2n) is 6.90. The lowest BCUT2D eigenvalue weighted by Crippen LogP contribution is -2.26. The van der Waals surface area contributed by atoms with Gasteiger partial charge in [0.25, 0.3) is 0 Å². The van der Waals surface area contributed by atoms with Crippen LogP contribution >= 0.6 is 0 Å². The standard InChI is InChI=1S/C21H26N2O/c1-23-12-4-6-17-13-15-8-10-22-11-9-19(15)20(21(17)23)16-5-3-7-18(14-16)24-2/h3,5,7,13-14,22H,4,6,8-12H2,1-2H3. The molecule has 4 rings (SSSR count). The molecule has 0 unspecified atom stereocenters. The van der Waals surface area contributed by atoms with Gasteiger partial charge in [0.1, 0.15) is 5.75 Å². The van der Waals surface area contributed by atoms with Gasteiger partial charge in [0, 0.05) is 24.8 Å². The van der Waals surface area contributed by atoms with Gasteiger partial charge in [-0.05, 0) is 73.2 Å². The Labute approximate surface area is 144 Å². The number of rotatable bonds is 2. The summed E-state index contributed by atoms with van der Waals surface area (Å²) < 4.78 is 5.49. The third-order valence-electron chi connectivity index (χ3n) is 5.38. The predicted octanol–water partition coefficient (Wildman–Crippen LogP) is 3.43. The third-order valence-corrected chi connectivity index (χ3v) is 5.38. The first-order valence-corrected chi connectivity index (χ1v) is 9.02. The Morgan fingerprint density at radius 3 is 2.79 bits per heavy atom. The van der Waals surface area contributed by atoms with Crippen LogP contribution in [0, 0.1) is 0 Å². The SMILES string of the molecule is COc1cccc(-c2c3c(cc4c2N(C)CCC4)CCNCC3)c1. The first-order valence-electron chi connectivity index (χ1n) is 9.02. The van der Waals surface area contributed by atoms with E-state index < -0.39 is 0 Å². The first kappa shape index (κ1) is 15.5. The van der Waals surface area contributed by atoms with Crippen LogP contribution < -0.4 is 15.0 Å². The van der Waals surface area contributed by atoms with Crippen LogP contribution in [0.2, 0.25) is 0 Å². The number of nitrogens with zero attached hydrogens (tertiary/aromatic N) is 1. The van der Waals surface area contributed by atoms with Crippen molar-refractivity contribution in [3.8, 4) is 16.9 Å². The van der Waals surface area contributed by atoms with Gasteiger partial charge in [-0.25, -0.2) is 0 Å². The minimum Gasteiger partial charge on any atom is -0.497 e. The Kier molecular flexibility index (Phi) is 4.19. The predicted molar refractivity (Wildman–Crippen MR) is 100 cm³/mol. The smallest absolute Gasteiger partial charge is 0.119 e. The van der Waals surface area contributed by atoms with Gasteiger partial charge in [0.05, 0.1) is 7.11 Å². The lowest BCUT2D eigenvalue weighted by molar-refractivity contribution is 0.415. The van der Waals surface area contributed by atoms with E-state index in [0.29, 0.717) is 0 Å². The summed E-state index contributed by atoms with van der Waals surface area (Å²) in [5.74, 6) is 0.934. The number of nitrogens with one attached hydrogen (secondary N) is 1. The van der Waals surface area contributed by atoms with Crippen LogP contribution in [0.5, 0.6) is 5.75 Å². The molecule has 2 heterocycles. The normalized spacial score (nSPS) is 17.0. The Balaban J connectivity index is 1.98. The molecule has 3 nitrogen and oxygen atoms in total. The highest BCUT2D eigenvalue weighted by atomic mass is 16.5. The van der Waals surface area contributed by atoms with E-state index in [1.165, 1.54) is 46.3 Å². The molecule has 126 valence electrons. The molecule has 0 saturated carbocycles. The molecule has 2 aromatic rings. The van der Waals surface area contributed by atoms with Crippen LogP contribution in [0.15, 0.2) is 30.3 Å². The monoisotopic (exact) mass is 322 g/mol. The summed E-state index contributed by atoms with van der Waals surface area (Å²) in [4.78, 5) is 2.45. The van der Waals surface area contributed by atoms with E-state index in [1.807, 2.05) is 6.07 Å². The van der Waals surface area contributed by atoms with Gasteiger partial charge in [-0.2, -0.15) is 0 Å². The van der Waals surface area contributed by atoms with Crippen molar-refractivity contribution in [2.24, 2.45) is 0 Å². The first-order chi connectivity index (χ1) is 11.8. The van der Waals surface area contributed by atoms with Gasteiger partial charge in [-0.3, -0.25) is 0 Å². The van der Waals surface area contributed by atoms with Crippen molar-refractivity contribution in [3.05, 3.63) is 47.0 Å². The van der Waals surface area contributed by atoms with E-state index in [-0.39, 0.29) is 0 Å². The van der Waals surface area contributed by atoms with Crippen LogP contribution in [-0.2, 0) is 19.3 Å². The molecule has 3 heteroatoms. The van der Waals surface area contributed by atoms with E-state index in [0.717, 1.165) is 38.2 Å². The maximum absolute atomic E-state index is 5.49. The van der Waals surface area contributed by atoms with E-state index in [2.05, 4.69) is 41.5 Å². The molecule has 0 amide bonds. The molecular formula is C21H26N2O. The highest BCUT2D eigenvalue weighted by Crippen LogP contribution is 2.42. The Morgan fingerprint density at radius 1 is 1.04 bits per heavy atom. The van der Waals surface area contributed by atoms with Crippen molar-refractivity contribution < 1.29 is 4.74 Å². The summed E-state index contributed by atoms with van der Waals surface area (Å²) in [6.45, 7) is 3.28. The summed E-state index contributed by atoms with van der Waals surface area (Å²) >= 11 is 0. The molecule has 0 aliphatic carbocycles. The molecule has 0 spiro atoms. The fourth-order valence-corrected chi connectivity index (χ4v) is 4.23. The number of hydrogen-bond acceptors (Lipinski definition) is 3. The zero-order chi connectivity index (χ0) is 16.5. The number of methoxy groups -OCH3 is 1. The molecule has 24 heavy (non-hydrogen) atoms. The summed E-state index contributed by atoms with van der Waals surface area (Å²) in [6, 6.07) is 11.0. The van der Waals surface area contributed by atoms with Crippen molar-refractivity contribution in [2.45, 2.75) is 25.7 Å². The zero-order valence-corrected chi connectivity index (χ0v) is 14.7. The molecule has 0 atom stereocenters. The molecule has 0 saturated heterocycles. The maximum atomic E-state index is 5.49. The van der Waals surface area contributed by atoms with Gasteiger partial charge >= 0.3 is 0 Å². The summed E-state index contributed by atoms with van der Waals surface area (Å²) in [5, 5.41) is 3.56. The van der Waals surface area contributed by atoms with Crippen LogP contribution in [0.3, 0.4) is 0 Å². The highest BCUT2D eigenvalue weighted by molar-refractivity contribution is 5.86. The Bertz CT molecular complexity index is 754. The van der Waals surface area contributed by atoms with E-state index in [9.17, 15) is 0 Å². The number of hydrogen-bond donors (Lipinski definition) is 1. The molecule has 2 aliphatic heterocycles. The molecule has 1 N–H and O–H groups in total. The van der Waals surface area contributed by atoms with Crippen LogP contribution in [-0.4, -0.2) is 33.8 Å². The van der Waals surface area contributed by atoms with Crippen molar-refractivity contribution in [1.29, 1.82) is 0 Å². The highest BCUT2D eigenvalue weighted by Gasteiger charge is 2.24. The number of anilines is 1. The van der Waals surface area contributed by atoms with Crippen molar-refractivity contribution in [1.82, 2.24) is 5.32 Å². The van der Waals surface area contributed by atoms with E-state index in [1.54, 1.807) is 7.11 Å².